The molecule has 0 atom stereocenters. The van der Waals surface area contributed by atoms with Crippen molar-refractivity contribution in [3.05, 3.63) is 69.6 Å². The molecule has 0 N–H and O–H groups in total. The number of methoxy groups -OCH3 is 2. The molecule has 0 fully saturated rings. The smallest absolute Gasteiger partial charge is 0.416 e. The SMILES string of the molecule is COc1ccc(-n2c(SCc3cccc(C(F)(F)F)c3)nc3c(c2=O)SCC3)cc1OC. The first-order chi connectivity index (χ1) is 15.3. The van der Waals surface area contributed by atoms with Crippen molar-refractivity contribution >= 4 is 23.5 Å². The maximum atomic E-state index is 13.3. The average molecular weight is 481 g/mol. The molecule has 0 radical (unpaired) electrons. The van der Waals surface area contributed by atoms with E-state index in [0.717, 1.165) is 23.6 Å². The highest BCUT2D eigenvalue weighted by Crippen LogP contribution is 2.35. The minimum atomic E-state index is -4.41. The highest BCUT2D eigenvalue weighted by Gasteiger charge is 2.30. The molecule has 0 aliphatic carbocycles. The lowest BCUT2D eigenvalue weighted by atomic mass is 10.1. The second-order valence-corrected chi connectivity index (χ2v) is 8.98. The summed E-state index contributed by atoms with van der Waals surface area (Å²) < 4.78 is 51.3. The van der Waals surface area contributed by atoms with Gasteiger partial charge in [0.1, 0.15) is 0 Å². The van der Waals surface area contributed by atoms with Crippen LogP contribution in [-0.4, -0.2) is 29.5 Å². The molecule has 0 bridgehead atoms. The number of rotatable bonds is 6. The Labute approximate surface area is 191 Å². The molecule has 1 aromatic heterocycles. The summed E-state index contributed by atoms with van der Waals surface area (Å²) >= 11 is 2.68. The fourth-order valence-corrected chi connectivity index (χ4v) is 5.36. The van der Waals surface area contributed by atoms with Gasteiger partial charge in [-0.05, 0) is 23.8 Å². The molecular formula is C22H19F3N2O3S2. The minimum Gasteiger partial charge on any atom is -0.493 e. The average Bonchev–Trinajstić information content (AvgIpc) is 3.26. The molecule has 1 aliphatic rings. The lowest BCUT2D eigenvalue weighted by Gasteiger charge is -2.16. The van der Waals surface area contributed by atoms with Gasteiger partial charge in [0.05, 0.1) is 36.1 Å². The van der Waals surface area contributed by atoms with E-state index < -0.39 is 11.7 Å². The van der Waals surface area contributed by atoms with Crippen molar-refractivity contribution in [3.63, 3.8) is 0 Å². The van der Waals surface area contributed by atoms with Crippen LogP contribution in [0, 0.1) is 0 Å². The van der Waals surface area contributed by atoms with Gasteiger partial charge in [0.2, 0.25) is 0 Å². The summed E-state index contributed by atoms with van der Waals surface area (Å²) in [6.45, 7) is 0. The molecule has 168 valence electrons. The fourth-order valence-electron chi connectivity index (χ4n) is 3.37. The molecule has 2 heterocycles. The number of thioether (sulfide) groups is 2. The molecule has 0 saturated heterocycles. The molecule has 4 rings (SSSR count). The summed E-state index contributed by atoms with van der Waals surface area (Å²) in [4.78, 5) is 18.6. The van der Waals surface area contributed by atoms with Crippen molar-refractivity contribution in [2.24, 2.45) is 0 Å². The Morgan fingerprint density at radius 2 is 1.91 bits per heavy atom. The second-order valence-electron chi connectivity index (χ2n) is 6.94. The monoisotopic (exact) mass is 480 g/mol. The van der Waals surface area contributed by atoms with Crippen molar-refractivity contribution in [2.75, 3.05) is 20.0 Å². The molecule has 10 heteroatoms. The predicted octanol–water partition coefficient (Wildman–Crippen LogP) is 5.21. The van der Waals surface area contributed by atoms with Gasteiger partial charge in [0.15, 0.2) is 16.7 Å². The van der Waals surface area contributed by atoms with Crippen molar-refractivity contribution in [2.45, 2.75) is 28.4 Å². The fraction of sp³-hybridized carbons (Fsp3) is 0.273. The number of ether oxygens (including phenoxy) is 2. The van der Waals surface area contributed by atoms with Crippen LogP contribution in [-0.2, 0) is 18.3 Å². The summed E-state index contributed by atoms with van der Waals surface area (Å²) in [6, 6.07) is 10.3. The first-order valence-electron chi connectivity index (χ1n) is 9.62. The van der Waals surface area contributed by atoms with Crippen LogP contribution < -0.4 is 15.0 Å². The van der Waals surface area contributed by atoms with Gasteiger partial charge in [-0.15, -0.1) is 11.8 Å². The number of nitrogens with zero attached hydrogens (tertiary/aromatic N) is 2. The van der Waals surface area contributed by atoms with Gasteiger partial charge in [-0.25, -0.2) is 4.98 Å². The third kappa shape index (κ3) is 4.47. The Hall–Kier alpha value is -2.59. The number of hydrogen-bond donors (Lipinski definition) is 0. The molecule has 2 aromatic carbocycles. The predicted molar refractivity (Wildman–Crippen MR) is 118 cm³/mol. The largest absolute Gasteiger partial charge is 0.493 e. The van der Waals surface area contributed by atoms with Crippen LogP contribution in [0.25, 0.3) is 5.69 Å². The van der Waals surface area contributed by atoms with Crippen LogP contribution in [0.1, 0.15) is 16.8 Å². The normalized spacial score (nSPS) is 13.2. The Morgan fingerprint density at radius 1 is 1.12 bits per heavy atom. The van der Waals surface area contributed by atoms with Gasteiger partial charge in [0.25, 0.3) is 5.56 Å². The molecule has 1 aliphatic heterocycles. The molecule has 32 heavy (non-hydrogen) atoms. The number of fused-ring (bicyclic) bond motifs is 1. The van der Waals surface area contributed by atoms with E-state index in [4.69, 9.17) is 9.47 Å². The van der Waals surface area contributed by atoms with Gasteiger partial charge in [-0.1, -0.05) is 30.0 Å². The molecule has 0 saturated carbocycles. The van der Waals surface area contributed by atoms with Crippen molar-refractivity contribution in [1.82, 2.24) is 9.55 Å². The minimum absolute atomic E-state index is 0.198. The van der Waals surface area contributed by atoms with Gasteiger partial charge in [-0.3, -0.25) is 9.36 Å². The van der Waals surface area contributed by atoms with E-state index in [2.05, 4.69) is 4.98 Å². The molecule has 0 unspecified atom stereocenters. The highest BCUT2D eigenvalue weighted by atomic mass is 32.2. The van der Waals surface area contributed by atoms with E-state index in [1.54, 1.807) is 24.3 Å². The van der Waals surface area contributed by atoms with Crippen LogP contribution in [0.5, 0.6) is 11.5 Å². The third-order valence-electron chi connectivity index (χ3n) is 4.91. The highest BCUT2D eigenvalue weighted by molar-refractivity contribution is 7.99. The van der Waals surface area contributed by atoms with Crippen LogP contribution in [0.15, 0.2) is 57.3 Å². The number of halogens is 3. The molecule has 0 amide bonds. The molecule has 3 aromatic rings. The third-order valence-corrected chi connectivity index (χ3v) is 7.03. The molecule has 5 nitrogen and oxygen atoms in total. The maximum Gasteiger partial charge on any atom is 0.416 e. The topological polar surface area (TPSA) is 53.4 Å². The van der Waals surface area contributed by atoms with Gasteiger partial charge in [0, 0.05) is 24.0 Å². The van der Waals surface area contributed by atoms with E-state index in [9.17, 15) is 18.0 Å². The molecular weight excluding hydrogens is 461 g/mol. The lowest BCUT2D eigenvalue weighted by molar-refractivity contribution is -0.137. The van der Waals surface area contributed by atoms with E-state index in [-0.39, 0.29) is 11.3 Å². The summed E-state index contributed by atoms with van der Waals surface area (Å²) in [7, 11) is 3.03. The van der Waals surface area contributed by atoms with Crippen LogP contribution >= 0.6 is 23.5 Å². The van der Waals surface area contributed by atoms with Gasteiger partial charge in [-0.2, -0.15) is 13.2 Å². The van der Waals surface area contributed by atoms with Gasteiger partial charge < -0.3 is 9.47 Å². The number of hydrogen-bond acceptors (Lipinski definition) is 6. The first-order valence-corrected chi connectivity index (χ1v) is 11.6. The standard InChI is InChI=1S/C22H19F3N2O3S2/c1-29-17-7-6-15(11-18(17)30-2)27-20(28)19-16(8-9-31-19)26-21(27)32-12-13-4-3-5-14(10-13)22(23,24)25/h3-7,10-11H,8-9,12H2,1-2H3. The number of alkyl halides is 3. The zero-order valence-corrected chi connectivity index (χ0v) is 18.9. The van der Waals surface area contributed by atoms with E-state index in [1.165, 1.54) is 48.4 Å². The molecule has 0 spiro atoms. The van der Waals surface area contributed by atoms with E-state index >= 15 is 0 Å². The lowest BCUT2D eigenvalue weighted by Crippen LogP contribution is -2.24. The summed E-state index contributed by atoms with van der Waals surface area (Å²) in [5.74, 6) is 1.98. The quantitative estimate of drug-likeness (QED) is 0.357. The van der Waals surface area contributed by atoms with Crippen molar-refractivity contribution < 1.29 is 22.6 Å². The Morgan fingerprint density at radius 3 is 2.62 bits per heavy atom. The second kappa shape index (κ2) is 9.11. The first kappa shape index (κ1) is 22.6. The van der Waals surface area contributed by atoms with Crippen LogP contribution in [0.2, 0.25) is 0 Å². The number of aryl methyl sites for hydroxylation is 1. The maximum absolute atomic E-state index is 13.3. The van der Waals surface area contributed by atoms with Gasteiger partial charge >= 0.3 is 6.18 Å². The summed E-state index contributed by atoms with van der Waals surface area (Å²) in [5.41, 5.74) is 0.862. The summed E-state index contributed by atoms with van der Waals surface area (Å²) in [5, 5.41) is 0.417. The zero-order chi connectivity index (χ0) is 22.9. The van der Waals surface area contributed by atoms with Crippen molar-refractivity contribution in [3.8, 4) is 17.2 Å². The van der Waals surface area contributed by atoms with Crippen molar-refractivity contribution in [1.29, 1.82) is 0 Å². The Bertz CT molecular complexity index is 1210. The zero-order valence-electron chi connectivity index (χ0n) is 17.2. The van der Waals surface area contributed by atoms with Crippen LogP contribution in [0.4, 0.5) is 13.2 Å². The Balaban J connectivity index is 1.75. The summed E-state index contributed by atoms with van der Waals surface area (Å²) in [6.07, 6.45) is -3.73. The Kier molecular flexibility index (Phi) is 6.43. The number of aromatic nitrogens is 2. The van der Waals surface area contributed by atoms with E-state index in [1.807, 2.05) is 0 Å². The number of benzene rings is 2. The van der Waals surface area contributed by atoms with E-state index in [0.29, 0.717) is 39.2 Å². The van der Waals surface area contributed by atoms with Crippen LogP contribution in [0.3, 0.4) is 0 Å².